The maximum atomic E-state index is 12.8. The summed E-state index contributed by atoms with van der Waals surface area (Å²) in [5.41, 5.74) is 11.9. The molecule has 0 bridgehead atoms. The second kappa shape index (κ2) is 14.6. The summed E-state index contributed by atoms with van der Waals surface area (Å²) in [7, 11) is 0. The van der Waals surface area contributed by atoms with E-state index in [0.29, 0.717) is 12.8 Å². The molecule has 41 heavy (non-hydrogen) atoms. The first-order valence-electron chi connectivity index (χ1n) is 13.6. The molecule has 0 saturated heterocycles. The monoisotopic (exact) mass is 553 g/mol. The van der Waals surface area contributed by atoms with Gasteiger partial charge in [0.25, 0.3) is 0 Å². The molecule has 1 aromatic heterocycles. The van der Waals surface area contributed by atoms with Gasteiger partial charge in [-0.05, 0) is 40.7 Å². The number of aromatic nitrogens is 2. The number of nitrogens with two attached hydrogens (primary N) is 1. The number of imidazole rings is 1. The summed E-state index contributed by atoms with van der Waals surface area (Å²) in [5, 5.41) is 15.1. The highest BCUT2D eigenvalue weighted by Gasteiger charge is 2.20. The normalized spacial score (nSPS) is 12.4. The Hall–Kier alpha value is -4.76. The Kier molecular flexibility index (Phi) is 10.4. The number of carbonyl (C=O) groups is 3. The summed E-state index contributed by atoms with van der Waals surface area (Å²) >= 11 is 0. The molecule has 0 aliphatic heterocycles. The Morgan fingerprint density at radius 3 is 2.02 bits per heavy atom. The predicted octanol–water partition coefficient (Wildman–Crippen LogP) is 3.71. The van der Waals surface area contributed by atoms with Crippen molar-refractivity contribution in [1.82, 2.24) is 20.6 Å². The lowest BCUT2D eigenvalue weighted by molar-refractivity contribution is -0.137. The Bertz CT molecular complexity index is 1410. The molecule has 0 radical (unpaired) electrons. The van der Waals surface area contributed by atoms with Crippen molar-refractivity contribution in [2.45, 2.75) is 44.2 Å². The van der Waals surface area contributed by atoms with Gasteiger partial charge >= 0.3 is 5.97 Å². The summed E-state index contributed by atoms with van der Waals surface area (Å²) in [4.78, 5) is 42.7. The number of nitrogens with zero attached hydrogens (tertiary/aromatic N) is 1. The van der Waals surface area contributed by atoms with Crippen molar-refractivity contribution in [3.8, 4) is 22.3 Å². The largest absolute Gasteiger partial charge is 0.481 e. The first-order chi connectivity index (χ1) is 19.9. The van der Waals surface area contributed by atoms with Crippen molar-refractivity contribution in [2.24, 2.45) is 5.73 Å². The number of aliphatic carboxylic acids is 1. The summed E-state index contributed by atoms with van der Waals surface area (Å²) in [6, 6.07) is 25.6. The molecule has 4 rings (SSSR count). The van der Waals surface area contributed by atoms with Crippen molar-refractivity contribution < 1.29 is 19.5 Å². The number of hydrogen-bond donors (Lipinski definition) is 5. The van der Waals surface area contributed by atoms with Crippen LogP contribution >= 0.6 is 0 Å². The first-order valence-corrected chi connectivity index (χ1v) is 13.6. The van der Waals surface area contributed by atoms with Crippen molar-refractivity contribution in [3.63, 3.8) is 0 Å². The van der Waals surface area contributed by atoms with Crippen molar-refractivity contribution >= 4 is 17.8 Å². The van der Waals surface area contributed by atoms with E-state index in [9.17, 15) is 14.4 Å². The number of amides is 2. The second-order valence-electron chi connectivity index (χ2n) is 9.98. The molecule has 0 fully saturated rings. The van der Waals surface area contributed by atoms with Crippen LogP contribution in [0.15, 0.2) is 91.4 Å². The average Bonchev–Trinajstić information content (AvgIpc) is 3.51. The second-order valence-corrected chi connectivity index (χ2v) is 9.98. The summed E-state index contributed by atoms with van der Waals surface area (Å²) < 4.78 is 0. The number of hydrogen-bond acceptors (Lipinski definition) is 5. The number of carbonyl (C=O) groups excluding carboxylic acids is 2. The lowest BCUT2D eigenvalue weighted by atomic mass is 9.99. The van der Waals surface area contributed by atoms with Crippen LogP contribution in [0.5, 0.6) is 0 Å². The van der Waals surface area contributed by atoms with E-state index in [1.54, 1.807) is 6.20 Å². The molecule has 9 nitrogen and oxygen atoms in total. The maximum Gasteiger partial charge on any atom is 0.303 e. The summed E-state index contributed by atoms with van der Waals surface area (Å²) in [6.45, 7) is 0.207. The van der Waals surface area contributed by atoms with Crippen LogP contribution in [0, 0.1) is 0 Å². The van der Waals surface area contributed by atoms with Crippen LogP contribution in [0.25, 0.3) is 22.3 Å². The lowest BCUT2D eigenvalue weighted by Gasteiger charge is -2.22. The van der Waals surface area contributed by atoms with E-state index >= 15 is 0 Å². The zero-order valence-electron chi connectivity index (χ0n) is 22.8. The molecular weight excluding hydrogens is 518 g/mol. The number of carboxylic acid groups (broad SMARTS) is 1. The maximum absolute atomic E-state index is 12.8. The zero-order chi connectivity index (χ0) is 29.0. The minimum atomic E-state index is -0.956. The first kappa shape index (κ1) is 29.2. The molecule has 9 heteroatoms. The Balaban J connectivity index is 1.29. The van der Waals surface area contributed by atoms with E-state index in [0.717, 1.165) is 27.9 Å². The van der Waals surface area contributed by atoms with E-state index in [1.165, 1.54) is 11.9 Å². The Labute approximate surface area is 239 Å². The minimum Gasteiger partial charge on any atom is -0.481 e. The van der Waals surface area contributed by atoms with Crippen LogP contribution in [0.3, 0.4) is 0 Å². The third-order valence-electron chi connectivity index (χ3n) is 6.92. The molecule has 6 N–H and O–H groups in total. The molecule has 4 aromatic rings. The molecule has 2 atom stereocenters. The highest BCUT2D eigenvalue weighted by atomic mass is 16.4. The number of primary amides is 1. The SMILES string of the molecule is NC(=O)C(Cc1cnc[nH]1)NCC(CCC(=O)O)NC(=O)CCc1ccc(-c2ccc(-c3ccccc3)cc2)cc1. The summed E-state index contributed by atoms with van der Waals surface area (Å²) in [5.74, 6) is -1.69. The van der Waals surface area contributed by atoms with E-state index < -0.39 is 24.0 Å². The van der Waals surface area contributed by atoms with Crippen LogP contribution in [0.2, 0.25) is 0 Å². The van der Waals surface area contributed by atoms with Crippen LogP contribution < -0.4 is 16.4 Å². The highest BCUT2D eigenvalue weighted by molar-refractivity contribution is 5.80. The molecule has 2 amide bonds. The van der Waals surface area contributed by atoms with Crippen molar-refractivity contribution in [2.75, 3.05) is 6.54 Å². The fourth-order valence-electron chi connectivity index (χ4n) is 4.60. The molecule has 1 heterocycles. The number of aryl methyl sites for hydroxylation is 1. The van der Waals surface area contributed by atoms with Gasteiger partial charge in [0.05, 0.1) is 12.4 Å². The Morgan fingerprint density at radius 2 is 1.46 bits per heavy atom. The lowest BCUT2D eigenvalue weighted by Crippen LogP contribution is -2.50. The number of carboxylic acids is 1. The Morgan fingerprint density at radius 1 is 0.854 bits per heavy atom. The number of rotatable bonds is 15. The number of aromatic amines is 1. The van der Waals surface area contributed by atoms with Gasteiger partial charge < -0.3 is 26.5 Å². The highest BCUT2D eigenvalue weighted by Crippen LogP contribution is 2.25. The third kappa shape index (κ3) is 9.15. The molecule has 2 unspecified atom stereocenters. The quantitative estimate of drug-likeness (QED) is 0.151. The standard InChI is InChI=1S/C32H35N5O4/c33-32(41)29(18-28-19-34-21-36-28)35-20-27(15-17-31(39)40)37-30(38)16-8-22-6-9-24(10-7-22)26-13-11-25(12-14-26)23-4-2-1-3-5-23/h1-7,9-14,19,21,27,29,35H,8,15-18,20H2,(H2,33,41)(H,34,36)(H,37,38)(H,39,40). The van der Waals surface area contributed by atoms with Gasteiger partial charge in [0, 0.05) is 43.7 Å². The molecule has 0 spiro atoms. The fraction of sp³-hybridized carbons (Fsp3) is 0.250. The van der Waals surface area contributed by atoms with Crippen LogP contribution in [-0.4, -0.2) is 51.5 Å². The van der Waals surface area contributed by atoms with Crippen molar-refractivity contribution in [3.05, 3.63) is 103 Å². The topological polar surface area (TPSA) is 150 Å². The predicted molar refractivity (Wildman–Crippen MR) is 158 cm³/mol. The van der Waals surface area contributed by atoms with Crippen molar-refractivity contribution in [1.29, 1.82) is 0 Å². The van der Waals surface area contributed by atoms with Crippen LogP contribution in [0.4, 0.5) is 0 Å². The summed E-state index contributed by atoms with van der Waals surface area (Å²) in [6.07, 6.45) is 4.34. The number of nitrogens with one attached hydrogen (secondary N) is 3. The number of H-pyrrole nitrogens is 1. The fourth-order valence-corrected chi connectivity index (χ4v) is 4.60. The third-order valence-corrected chi connectivity index (χ3v) is 6.92. The van der Waals surface area contributed by atoms with Gasteiger partial charge in [0.15, 0.2) is 0 Å². The minimum absolute atomic E-state index is 0.109. The molecule has 0 aliphatic carbocycles. The smallest absolute Gasteiger partial charge is 0.303 e. The van der Waals surface area contributed by atoms with Gasteiger partial charge in [-0.15, -0.1) is 0 Å². The van der Waals surface area contributed by atoms with E-state index in [1.807, 2.05) is 42.5 Å². The van der Waals surface area contributed by atoms with E-state index in [-0.39, 0.29) is 31.7 Å². The van der Waals surface area contributed by atoms with E-state index in [4.69, 9.17) is 10.8 Å². The molecular formula is C32H35N5O4. The van der Waals surface area contributed by atoms with Gasteiger partial charge in [-0.2, -0.15) is 0 Å². The van der Waals surface area contributed by atoms with Gasteiger partial charge in [0.1, 0.15) is 0 Å². The molecule has 0 aliphatic rings. The molecule has 212 valence electrons. The van der Waals surface area contributed by atoms with Gasteiger partial charge in [0.2, 0.25) is 11.8 Å². The zero-order valence-corrected chi connectivity index (χ0v) is 22.8. The average molecular weight is 554 g/mol. The number of benzene rings is 3. The molecule has 0 saturated carbocycles. The van der Waals surface area contributed by atoms with Gasteiger partial charge in [-0.3, -0.25) is 14.4 Å². The van der Waals surface area contributed by atoms with Gasteiger partial charge in [-0.1, -0.05) is 78.9 Å². The van der Waals surface area contributed by atoms with Crippen LogP contribution in [-0.2, 0) is 27.2 Å². The molecule has 3 aromatic carbocycles. The van der Waals surface area contributed by atoms with Crippen LogP contribution in [0.1, 0.15) is 30.5 Å². The van der Waals surface area contributed by atoms with E-state index in [2.05, 4.69) is 57.0 Å². The van der Waals surface area contributed by atoms with Gasteiger partial charge in [-0.25, -0.2) is 4.98 Å².